The molecule has 3 N–H and O–H groups in total. The first-order chi connectivity index (χ1) is 6.88. The fourth-order valence-electron chi connectivity index (χ4n) is 1.20. The molecule has 5 heteroatoms. The molecule has 88 valence electrons. The highest BCUT2D eigenvalue weighted by molar-refractivity contribution is 5.86. The minimum atomic E-state index is -1.03. The van der Waals surface area contributed by atoms with E-state index >= 15 is 0 Å². The molecule has 0 unspecified atom stereocenters. The average molecular weight is 216 g/mol. The molecule has 0 rings (SSSR count). The first-order valence-corrected chi connectivity index (χ1v) is 5.09. The standard InChI is InChI=1S/C10H20N2O3/c1-6(2)5-8(11-4)9(13)12-7(3)10(14)15/h6-8,11H,5H2,1-4H3,(H,12,13)(H,14,15)/t7-,8-/m0/s1. The first-order valence-electron chi connectivity index (χ1n) is 5.09. The molecule has 0 bridgehead atoms. The minimum absolute atomic E-state index is 0.263. The van der Waals surface area contributed by atoms with E-state index in [1.807, 2.05) is 13.8 Å². The van der Waals surface area contributed by atoms with E-state index in [-0.39, 0.29) is 11.9 Å². The third-order valence-electron chi connectivity index (χ3n) is 2.10. The summed E-state index contributed by atoms with van der Waals surface area (Å²) in [7, 11) is 1.69. The molecule has 5 nitrogen and oxygen atoms in total. The van der Waals surface area contributed by atoms with Crippen LogP contribution in [0.2, 0.25) is 0 Å². The Kier molecular flexibility index (Phi) is 5.93. The van der Waals surface area contributed by atoms with Crippen molar-refractivity contribution in [1.29, 1.82) is 0 Å². The van der Waals surface area contributed by atoms with Gasteiger partial charge in [0.15, 0.2) is 0 Å². The Balaban J connectivity index is 4.21. The Morgan fingerprint density at radius 3 is 2.13 bits per heavy atom. The molecule has 0 spiro atoms. The molecule has 0 aliphatic rings. The lowest BCUT2D eigenvalue weighted by Crippen LogP contribution is -2.48. The Labute approximate surface area is 90.2 Å². The van der Waals surface area contributed by atoms with Crippen molar-refractivity contribution < 1.29 is 14.7 Å². The van der Waals surface area contributed by atoms with Gasteiger partial charge in [0, 0.05) is 0 Å². The summed E-state index contributed by atoms with van der Waals surface area (Å²) in [5, 5.41) is 13.9. The van der Waals surface area contributed by atoms with Crippen molar-refractivity contribution >= 4 is 11.9 Å². The summed E-state index contributed by atoms with van der Waals surface area (Å²) in [6.07, 6.45) is 0.689. The van der Waals surface area contributed by atoms with Gasteiger partial charge in [-0.3, -0.25) is 9.59 Å². The summed E-state index contributed by atoms with van der Waals surface area (Å²) in [6, 6.07) is -1.17. The van der Waals surface area contributed by atoms with E-state index in [0.717, 1.165) is 0 Å². The second-order valence-corrected chi connectivity index (χ2v) is 4.04. The second kappa shape index (κ2) is 6.40. The van der Waals surface area contributed by atoms with Gasteiger partial charge in [-0.2, -0.15) is 0 Å². The molecule has 0 aromatic rings. The number of carbonyl (C=O) groups excluding carboxylic acids is 1. The Bertz CT molecular complexity index is 229. The number of hydrogen-bond acceptors (Lipinski definition) is 3. The number of aliphatic carboxylic acids is 1. The number of amides is 1. The normalized spacial score (nSPS) is 14.7. The van der Waals surface area contributed by atoms with Crippen LogP contribution >= 0.6 is 0 Å². The predicted octanol–water partition coefficient (Wildman–Crippen LogP) is 0.210. The maximum Gasteiger partial charge on any atom is 0.325 e. The van der Waals surface area contributed by atoms with Crippen molar-refractivity contribution in [2.24, 2.45) is 5.92 Å². The lowest BCUT2D eigenvalue weighted by molar-refractivity contribution is -0.141. The average Bonchev–Trinajstić information content (AvgIpc) is 2.13. The summed E-state index contributed by atoms with van der Waals surface area (Å²) in [5.74, 6) is -0.905. The predicted molar refractivity (Wildman–Crippen MR) is 57.5 cm³/mol. The molecule has 1 amide bonds. The topological polar surface area (TPSA) is 78.4 Å². The van der Waals surface area contributed by atoms with Crippen molar-refractivity contribution in [3.05, 3.63) is 0 Å². The third kappa shape index (κ3) is 5.37. The van der Waals surface area contributed by atoms with Crippen molar-refractivity contribution in [2.45, 2.75) is 39.3 Å². The minimum Gasteiger partial charge on any atom is -0.480 e. The Morgan fingerprint density at radius 2 is 1.80 bits per heavy atom. The van der Waals surface area contributed by atoms with Crippen LogP contribution in [-0.4, -0.2) is 36.1 Å². The summed E-state index contributed by atoms with van der Waals surface area (Å²) in [4.78, 5) is 22.1. The molecular formula is C10H20N2O3. The van der Waals surface area contributed by atoms with Crippen molar-refractivity contribution in [3.8, 4) is 0 Å². The second-order valence-electron chi connectivity index (χ2n) is 4.04. The highest BCUT2D eigenvalue weighted by Crippen LogP contribution is 2.04. The number of carboxylic acids is 1. The van der Waals surface area contributed by atoms with Gasteiger partial charge in [0.05, 0.1) is 6.04 Å². The zero-order valence-corrected chi connectivity index (χ0v) is 9.70. The smallest absolute Gasteiger partial charge is 0.325 e. The quantitative estimate of drug-likeness (QED) is 0.593. The highest BCUT2D eigenvalue weighted by Gasteiger charge is 2.21. The van der Waals surface area contributed by atoms with Crippen LogP contribution in [0, 0.1) is 5.92 Å². The van der Waals surface area contributed by atoms with Crippen molar-refractivity contribution in [2.75, 3.05) is 7.05 Å². The first kappa shape index (κ1) is 13.9. The van der Waals surface area contributed by atoms with Gasteiger partial charge in [-0.25, -0.2) is 0 Å². The van der Waals surface area contributed by atoms with E-state index < -0.39 is 12.0 Å². The highest BCUT2D eigenvalue weighted by atomic mass is 16.4. The summed E-state index contributed by atoms with van der Waals surface area (Å²) in [6.45, 7) is 5.47. The number of rotatable bonds is 6. The summed E-state index contributed by atoms with van der Waals surface area (Å²) in [5.41, 5.74) is 0. The van der Waals surface area contributed by atoms with Gasteiger partial charge in [0.1, 0.15) is 6.04 Å². The van der Waals surface area contributed by atoms with Crippen LogP contribution in [0.1, 0.15) is 27.2 Å². The molecule has 0 fully saturated rings. The van der Waals surface area contributed by atoms with Crippen LogP contribution in [0.5, 0.6) is 0 Å². The maximum absolute atomic E-state index is 11.6. The van der Waals surface area contributed by atoms with Gasteiger partial charge in [-0.1, -0.05) is 13.8 Å². The third-order valence-corrected chi connectivity index (χ3v) is 2.10. The molecule has 0 aliphatic carbocycles. The van der Waals surface area contributed by atoms with Gasteiger partial charge in [-0.05, 0) is 26.3 Å². The van der Waals surface area contributed by atoms with Gasteiger partial charge in [0.2, 0.25) is 5.91 Å². The van der Waals surface area contributed by atoms with Crippen molar-refractivity contribution in [3.63, 3.8) is 0 Å². The summed E-state index contributed by atoms with van der Waals surface area (Å²) >= 11 is 0. The lowest BCUT2D eigenvalue weighted by Gasteiger charge is -2.19. The van der Waals surface area contributed by atoms with Crippen LogP contribution in [0.3, 0.4) is 0 Å². The molecule has 0 aromatic heterocycles. The largest absolute Gasteiger partial charge is 0.480 e. The van der Waals surface area contributed by atoms with Crippen LogP contribution < -0.4 is 10.6 Å². The SMILES string of the molecule is CN[C@@H](CC(C)C)C(=O)N[C@@H](C)C(=O)O. The number of carboxylic acid groups (broad SMARTS) is 1. The number of hydrogen-bond donors (Lipinski definition) is 3. The molecule has 0 saturated heterocycles. The number of likely N-dealkylation sites (N-methyl/N-ethyl adjacent to an activating group) is 1. The van der Waals surface area contributed by atoms with E-state index in [9.17, 15) is 9.59 Å². The van der Waals surface area contributed by atoms with Gasteiger partial charge in [0.25, 0.3) is 0 Å². The number of carbonyl (C=O) groups is 2. The fraction of sp³-hybridized carbons (Fsp3) is 0.800. The van der Waals surface area contributed by atoms with Gasteiger partial charge >= 0.3 is 5.97 Å². The van der Waals surface area contributed by atoms with E-state index in [0.29, 0.717) is 12.3 Å². The molecule has 15 heavy (non-hydrogen) atoms. The molecular weight excluding hydrogens is 196 g/mol. The molecule has 2 atom stereocenters. The van der Waals surface area contributed by atoms with Crippen LogP contribution in [0.4, 0.5) is 0 Å². The monoisotopic (exact) mass is 216 g/mol. The van der Waals surface area contributed by atoms with E-state index in [2.05, 4.69) is 10.6 Å². The van der Waals surface area contributed by atoms with E-state index in [4.69, 9.17) is 5.11 Å². The molecule has 0 radical (unpaired) electrons. The van der Waals surface area contributed by atoms with Crippen molar-refractivity contribution in [1.82, 2.24) is 10.6 Å². The van der Waals surface area contributed by atoms with E-state index in [1.165, 1.54) is 6.92 Å². The van der Waals surface area contributed by atoms with Crippen LogP contribution in [-0.2, 0) is 9.59 Å². The summed E-state index contributed by atoms with van der Waals surface area (Å²) < 4.78 is 0. The van der Waals surface area contributed by atoms with Gasteiger partial charge in [-0.15, -0.1) is 0 Å². The Morgan fingerprint density at radius 1 is 1.27 bits per heavy atom. The Hall–Kier alpha value is -1.10. The van der Waals surface area contributed by atoms with E-state index in [1.54, 1.807) is 7.05 Å². The van der Waals surface area contributed by atoms with Crippen LogP contribution in [0.25, 0.3) is 0 Å². The van der Waals surface area contributed by atoms with Gasteiger partial charge < -0.3 is 15.7 Å². The van der Waals surface area contributed by atoms with Crippen LogP contribution in [0.15, 0.2) is 0 Å². The molecule has 0 saturated carbocycles. The number of nitrogens with one attached hydrogen (secondary N) is 2. The maximum atomic E-state index is 11.6. The molecule has 0 aliphatic heterocycles. The zero-order valence-electron chi connectivity index (χ0n) is 9.70. The lowest BCUT2D eigenvalue weighted by atomic mass is 10.0. The fourth-order valence-corrected chi connectivity index (χ4v) is 1.20. The zero-order chi connectivity index (χ0) is 12.0. The molecule has 0 aromatic carbocycles. The molecule has 0 heterocycles.